The highest BCUT2D eigenvalue weighted by Gasteiger charge is 2.37. The van der Waals surface area contributed by atoms with Gasteiger partial charge >= 0.3 is 5.97 Å². The first kappa shape index (κ1) is 63.7. The van der Waals surface area contributed by atoms with E-state index in [1.807, 2.05) is 38.1 Å². The van der Waals surface area contributed by atoms with Gasteiger partial charge < -0.3 is 69.0 Å². The first-order valence-corrected chi connectivity index (χ1v) is 27.1. The molecule has 0 spiro atoms. The highest BCUT2D eigenvalue weighted by molar-refractivity contribution is 6.00. The Kier molecular flexibility index (Phi) is 24.1. The van der Waals surface area contributed by atoms with Crippen LogP contribution in [-0.4, -0.2) is 137 Å². The summed E-state index contributed by atoms with van der Waals surface area (Å²) >= 11 is 0. The summed E-state index contributed by atoms with van der Waals surface area (Å²) in [6.07, 6.45) is 0.561. The number of carbonyl (C=O) groups excluding carboxylic acids is 12. The predicted molar refractivity (Wildman–Crippen MR) is 299 cm³/mol. The van der Waals surface area contributed by atoms with E-state index < -0.39 is 139 Å². The number of carbonyl (C=O) groups is 12. The number of nitrogens with one attached hydrogen (secondary N) is 10. The van der Waals surface area contributed by atoms with Crippen molar-refractivity contribution >= 4 is 81.9 Å². The molecule has 14 N–H and O–H groups in total. The number of primary amides is 2. The molecule has 0 bridgehead atoms. The second-order valence-corrected chi connectivity index (χ2v) is 20.7. The van der Waals surface area contributed by atoms with Gasteiger partial charge in [-0.05, 0) is 54.4 Å². The number of H-pyrrole nitrogens is 1. The molecule has 440 valence electrons. The van der Waals surface area contributed by atoms with Crippen LogP contribution in [0.5, 0.6) is 0 Å². The van der Waals surface area contributed by atoms with Crippen molar-refractivity contribution in [2.75, 3.05) is 13.2 Å². The van der Waals surface area contributed by atoms with Crippen molar-refractivity contribution < 1.29 is 62.3 Å². The van der Waals surface area contributed by atoms with Gasteiger partial charge in [-0.2, -0.15) is 0 Å². The number of benzene rings is 3. The second-order valence-electron chi connectivity index (χ2n) is 20.7. The van der Waals surface area contributed by atoms with Gasteiger partial charge in [0.1, 0.15) is 48.3 Å². The first-order valence-electron chi connectivity index (χ1n) is 27.1. The summed E-state index contributed by atoms with van der Waals surface area (Å²) in [6, 6.07) is 13.7. The van der Waals surface area contributed by atoms with Crippen molar-refractivity contribution in [2.24, 2.45) is 23.3 Å². The molecule has 1 fully saturated rings. The SMILES string of the molecule is CCOC(=O)[C@H](Cc1c[nH]c2ccccc12)NC(=O)[C@H](Cc1ccccc1)NC(=O)[C@H](CC(N)=O)NC(=O)[C@@H](NC(=O)[C@H](CC(N)=O)NC(=O)CNC(=O)[C@H](Cc1ccccc1)NC(=O)[C@H](CC(C)C)NC(=O)[C@@H]1CCC(=O)N1)C(C)C. The van der Waals surface area contributed by atoms with Gasteiger partial charge in [0.2, 0.25) is 65.0 Å². The normalized spacial score (nSPS) is 15.5. The Bertz CT molecular complexity index is 2930. The van der Waals surface area contributed by atoms with E-state index in [0.29, 0.717) is 16.7 Å². The van der Waals surface area contributed by atoms with Crippen molar-refractivity contribution in [1.29, 1.82) is 0 Å². The number of fused-ring (bicyclic) bond motifs is 1. The molecule has 5 rings (SSSR count). The summed E-state index contributed by atoms with van der Waals surface area (Å²) in [5.74, 6) is -11.0. The second kappa shape index (κ2) is 31.0. The monoisotopic (exact) mass is 1130 g/mol. The molecule has 4 aromatic rings. The molecule has 11 amide bonds. The van der Waals surface area contributed by atoms with Gasteiger partial charge in [-0.3, -0.25) is 52.7 Å². The fraction of sp³-hybridized carbons (Fsp3) is 0.439. The van der Waals surface area contributed by atoms with E-state index in [2.05, 4.69) is 52.8 Å². The minimum absolute atomic E-state index is 0.00629. The van der Waals surface area contributed by atoms with Crippen LogP contribution in [0.2, 0.25) is 0 Å². The Hall–Kier alpha value is -9.16. The van der Waals surface area contributed by atoms with Crippen molar-refractivity contribution in [3.63, 3.8) is 0 Å². The third-order valence-electron chi connectivity index (χ3n) is 13.2. The zero-order valence-corrected chi connectivity index (χ0v) is 46.5. The van der Waals surface area contributed by atoms with E-state index in [-0.39, 0.29) is 57.0 Å². The van der Waals surface area contributed by atoms with Gasteiger partial charge in [-0.15, -0.1) is 0 Å². The van der Waals surface area contributed by atoms with Crippen LogP contribution in [0.1, 0.15) is 83.4 Å². The number of rotatable bonds is 31. The molecule has 0 saturated carbocycles. The molecule has 2 heterocycles. The number of ether oxygens (including phenoxy) is 1. The zero-order chi connectivity index (χ0) is 60.0. The standard InChI is InChI=1S/C57H74N12O13/c1-6-82-57(81)44(26-35-29-60-37-20-14-13-19-36(35)37)68-53(77)41(25-34-17-11-8-12-18-34)66-54(78)43(28-46(59)71)67-56(80)49(32(4)5)69-55(79)42(27-45(58)70)63-48(73)30-61-50(74)40(24-33-15-9-7-10-16-33)65-52(76)39(23-31(2)3)64-51(75)38-21-22-47(72)62-38/h7-20,29,31-32,38-44,49,60H,6,21-28,30H2,1-5H3,(H2,58,70)(H2,59,71)(H,61,74)(H,62,72)(H,63,73)(H,64,75)(H,65,76)(H,66,78)(H,67,80)(H,68,77)(H,69,79)/t38-,39-,40-,41-,42-,43-,44-,49-/m0/s1. The fourth-order valence-corrected chi connectivity index (χ4v) is 9.08. The average molecular weight is 1140 g/mol. The average Bonchev–Trinajstić information content (AvgIpc) is 4.16. The number of hydrogen-bond donors (Lipinski definition) is 12. The lowest BCUT2D eigenvalue weighted by molar-refractivity contribution is -0.147. The van der Waals surface area contributed by atoms with E-state index in [4.69, 9.17) is 16.2 Å². The lowest BCUT2D eigenvalue weighted by Gasteiger charge is -2.28. The molecule has 1 aliphatic rings. The third kappa shape index (κ3) is 19.9. The molecule has 8 atom stereocenters. The molecular weight excluding hydrogens is 1060 g/mol. The van der Waals surface area contributed by atoms with Gasteiger partial charge in [0.05, 0.1) is 26.0 Å². The maximum absolute atomic E-state index is 14.2. The van der Waals surface area contributed by atoms with E-state index in [0.717, 1.165) is 10.9 Å². The van der Waals surface area contributed by atoms with Gasteiger partial charge in [-0.1, -0.05) is 107 Å². The lowest BCUT2D eigenvalue weighted by atomic mass is 10.0. The Morgan fingerprint density at radius 1 is 0.585 bits per heavy atom. The smallest absolute Gasteiger partial charge is 0.328 e. The quantitative estimate of drug-likeness (QED) is 0.0270. The predicted octanol–water partition coefficient (Wildman–Crippen LogP) is -1.000. The summed E-state index contributed by atoms with van der Waals surface area (Å²) in [7, 11) is 0. The molecule has 0 unspecified atom stereocenters. The number of nitrogens with two attached hydrogens (primary N) is 2. The summed E-state index contributed by atoms with van der Waals surface area (Å²) in [5, 5.41) is 23.7. The largest absolute Gasteiger partial charge is 0.464 e. The summed E-state index contributed by atoms with van der Waals surface area (Å²) in [6.45, 7) is 7.55. The Morgan fingerprint density at radius 3 is 1.65 bits per heavy atom. The molecule has 25 heteroatoms. The van der Waals surface area contributed by atoms with Crippen LogP contribution >= 0.6 is 0 Å². The summed E-state index contributed by atoms with van der Waals surface area (Å²) < 4.78 is 5.31. The van der Waals surface area contributed by atoms with Gasteiger partial charge in [0.15, 0.2) is 0 Å². The van der Waals surface area contributed by atoms with Crippen LogP contribution < -0.4 is 59.3 Å². The first-order chi connectivity index (χ1) is 39.0. The Labute approximate surface area is 474 Å². The van der Waals surface area contributed by atoms with Crippen LogP contribution in [-0.2, 0) is 81.5 Å². The van der Waals surface area contributed by atoms with Crippen molar-refractivity contribution in [2.45, 2.75) is 134 Å². The molecule has 1 aromatic heterocycles. The maximum Gasteiger partial charge on any atom is 0.328 e. The lowest BCUT2D eigenvalue weighted by Crippen LogP contribution is -2.61. The molecular formula is C57H74N12O13. The maximum atomic E-state index is 14.2. The highest BCUT2D eigenvalue weighted by Crippen LogP contribution is 2.20. The molecule has 1 aliphatic heterocycles. The number of hydrogen-bond acceptors (Lipinski definition) is 13. The number of aromatic amines is 1. The number of esters is 1. The van der Waals surface area contributed by atoms with Gasteiger partial charge in [-0.25, -0.2) is 4.79 Å². The van der Waals surface area contributed by atoms with Crippen molar-refractivity contribution in [3.8, 4) is 0 Å². The molecule has 82 heavy (non-hydrogen) atoms. The third-order valence-corrected chi connectivity index (χ3v) is 13.2. The molecule has 0 radical (unpaired) electrons. The topological polar surface area (TPSA) is 390 Å². The minimum Gasteiger partial charge on any atom is -0.464 e. The van der Waals surface area contributed by atoms with Gasteiger partial charge in [0.25, 0.3) is 0 Å². The summed E-state index contributed by atoms with van der Waals surface area (Å²) in [4.78, 5) is 164. The number of aromatic nitrogens is 1. The van der Waals surface area contributed by atoms with E-state index in [1.165, 1.54) is 13.8 Å². The van der Waals surface area contributed by atoms with Gasteiger partial charge in [0, 0.05) is 42.8 Å². The van der Waals surface area contributed by atoms with Crippen LogP contribution in [0.15, 0.2) is 91.1 Å². The Balaban J connectivity index is 1.27. The zero-order valence-electron chi connectivity index (χ0n) is 46.5. The van der Waals surface area contributed by atoms with E-state index in [9.17, 15) is 57.5 Å². The highest BCUT2D eigenvalue weighted by atomic mass is 16.5. The molecule has 25 nitrogen and oxygen atoms in total. The molecule has 1 saturated heterocycles. The van der Waals surface area contributed by atoms with Crippen LogP contribution in [0.25, 0.3) is 10.9 Å². The summed E-state index contributed by atoms with van der Waals surface area (Å²) in [5.41, 5.74) is 13.7. The molecule has 0 aliphatic carbocycles. The van der Waals surface area contributed by atoms with E-state index in [1.54, 1.807) is 73.8 Å². The fourth-order valence-electron chi connectivity index (χ4n) is 9.08. The van der Waals surface area contributed by atoms with Crippen molar-refractivity contribution in [1.82, 2.24) is 52.8 Å². The minimum atomic E-state index is -1.73. The van der Waals surface area contributed by atoms with Crippen molar-refractivity contribution in [3.05, 3.63) is 108 Å². The van der Waals surface area contributed by atoms with Crippen LogP contribution in [0.4, 0.5) is 0 Å². The van der Waals surface area contributed by atoms with E-state index >= 15 is 0 Å². The number of amides is 11. The number of para-hydroxylation sites is 1. The van der Waals surface area contributed by atoms with Crippen LogP contribution in [0, 0.1) is 11.8 Å². The Morgan fingerprint density at radius 2 is 1.10 bits per heavy atom. The molecule has 3 aromatic carbocycles. The van der Waals surface area contributed by atoms with Crippen LogP contribution in [0.3, 0.4) is 0 Å².